The molecule has 1 aliphatic rings. The highest BCUT2D eigenvalue weighted by molar-refractivity contribution is 7.09. The molecule has 4 heteroatoms. The number of rotatable bonds is 3. The topological polar surface area (TPSA) is 45.2 Å². The Labute approximate surface area is 101 Å². The highest BCUT2D eigenvalue weighted by Gasteiger charge is 2.21. The minimum absolute atomic E-state index is 0.171. The zero-order valence-electron chi connectivity index (χ0n) is 9.78. The number of thiazole rings is 1. The van der Waals surface area contributed by atoms with Crippen molar-refractivity contribution in [2.24, 2.45) is 0 Å². The van der Waals surface area contributed by atoms with E-state index in [4.69, 9.17) is 0 Å². The molecule has 1 aromatic rings. The van der Waals surface area contributed by atoms with E-state index in [-0.39, 0.29) is 12.1 Å². The molecule has 0 radical (unpaired) electrons. The molecule has 0 spiro atoms. The number of aliphatic hydroxyl groups excluding tert-OH is 1. The first-order valence-corrected chi connectivity index (χ1v) is 6.96. The molecule has 1 aromatic heterocycles. The molecule has 2 rings (SSSR count). The van der Waals surface area contributed by atoms with Crippen LogP contribution in [-0.4, -0.2) is 22.2 Å². The molecule has 1 heterocycles. The molecule has 3 nitrogen and oxygen atoms in total. The summed E-state index contributed by atoms with van der Waals surface area (Å²) >= 11 is 1.69. The van der Waals surface area contributed by atoms with Gasteiger partial charge in [0.05, 0.1) is 17.3 Å². The molecule has 0 aromatic carbocycles. The third-order valence-electron chi connectivity index (χ3n) is 3.35. The lowest BCUT2D eigenvalue weighted by molar-refractivity contribution is 0.119. The predicted molar refractivity (Wildman–Crippen MR) is 66.6 cm³/mol. The SMILES string of the molecule is Cc1ncsc1CNC1CCCCCC1O. The summed E-state index contributed by atoms with van der Waals surface area (Å²) in [4.78, 5) is 5.52. The molecular formula is C12H20N2OS. The highest BCUT2D eigenvalue weighted by atomic mass is 32.1. The Bertz CT molecular complexity index is 327. The number of aryl methyl sites for hydroxylation is 1. The fourth-order valence-electron chi connectivity index (χ4n) is 2.25. The van der Waals surface area contributed by atoms with Crippen molar-refractivity contribution in [1.29, 1.82) is 0 Å². The Morgan fingerprint density at radius 2 is 2.25 bits per heavy atom. The van der Waals surface area contributed by atoms with Gasteiger partial charge in [-0.1, -0.05) is 19.3 Å². The van der Waals surface area contributed by atoms with Gasteiger partial charge in [0.15, 0.2) is 0 Å². The van der Waals surface area contributed by atoms with Gasteiger partial charge in [0.1, 0.15) is 0 Å². The van der Waals surface area contributed by atoms with Crippen LogP contribution in [0.1, 0.15) is 42.7 Å². The van der Waals surface area contributed by atoms with Crippen LogP contribution in [0.3, 0.4) is 0 Å². The average molecular weight is 240 g/mol. The summed E-state index contributed by atoms with van der Waals surface area (Å²) in [5, 5.41) is 13.4. The molecule has 90 valence electrons. The predicted octanol–water partition coefficient (Wildman–Crippen LogP) is 2.23. The zero-order chi connectivity index (χ0) is 11.4. The smallest absolute Gasteiger partial charge is 0.0798 e. The van der Waals surface area contributed by atoms with E-state index in [0.717, 1.165) is 25.1 Å². The minimum Gasteiger partial charge on any atom is -0.392 e. The number of nitrogens with one attached hydrogen (secondary N) is 1. The van der Waals surface area contributed by atoms with E-state index < -0.39 is 0 Å². The molecule has 1 aliphatic carbocycles. The average Bonchev–Trinajstić information content (AvgIpc) is 2.56. The quantitative estimate of drug-likeness (QED) is 0.796. The van der Waals surface area contributed by atoms with E-state index in [1.54, 1.807) is 11.3 Å². The standard InChI is InChI=1S/C12H20N2OS/c1-9-12(16-8-14-9)7-13-10-5-3-2-4-6-11(10)15/h8,10-11,13,15H,2-7H2,1H3. The van der Waals surface area contributed by atoms with Gasteiger partial charge in [0.2, 0.25) is 0 Å². The normalized spacial score (nSPS) is 26.6. The second kappa shape index (κ2) is 5.75. The first kappa shape index (κ1) is 12.0. The van der Waals surface area contributed by atoms with Gasteiger partial charge >= 0.3 is 0 Å². The van der Waals surface area contributed by atoms with Gasteiger partial charge in [0, 0.05) is 17.5 Å². The molecular weight excluding hydrogens is 220 g/mol. The van der Waals surface area contributed by atoms with Crippen LogP contribution in [0.2, 0.25) is 0 Å². The maximum atomic E-state index is 9.97. The van der Waals surface area contributed by atoms with Crippen molar-refractivity contribution in [1.82, 2.24) is 10.3 Å². The summed E-state index contributed by atoms with van der Waals surface area (Å²) in [6.45, 7) is 2.88. The van der Waals surface area contributed by atoms with Crippen LogP contribution in [0.25, 0.3) is 0 Å². The van der Waals surface area contributed by atoms with Crippen molar-refractivity contribution >= 4 is 11.3 Å². The maximum absolute atomic E-state index is 9.97. The summed E-state index contributed by atoms with van der Waals surface area (Å²) in [7, 11) is 0. The fourth-order valence-corrected chi connectivity index (χ4v) is 2.97. The lowest BCUT2D eigenvalue weighted by atomic mass is 10.1. The van der Waals surface area contributed by atoms with E-state index in [1.807, 2.05) is 12.4 Å². The second-order valence-electron chi connectivity index (χ2n) is 4.55. The van der Waals surface area contributed by atoms with Crippen molar-refractivity contribution in [3.63, 3.8) is 0 Å². The van der Waals surface area contributed by atoms with Gasteiger partial charge < -0.3 is 10.4 Å². The number of hydrogen-bond donors (Lipinski definition) is 2. The van der Waals surface area contributed by atoms with Crippen molar-refractivity contribution in [3.05, 3.63) is 16.1 Å². The van der Waals surface area contributed by atoms with Crippen LogP contribution in [0.15, 0.2) is 5.51 Å². The van der Waals surface area contributed by atoms with E-state index in [0.29, 0.717) is 0 Å². The lowest BCUT2D eigenvalue weighted by Crippen LogP contribution is -2.38. The first-order chi connectivity index (χ1) is 7.77. The molecule has 0 bridgehead atoms. The Hall–Kier alpha value is -0.450. The molecule has 2 unspecified atom stereocenters. The summed E-state index contributed by atoms with van der Waals surface area (Å²) in [5.41, 5.74) is 3.00. The first-order valence-electron chi connectivity index (χ1n) is 6.08. The van der Waals surface area contributed by atoms with Crippen molar-refractivity contribution in [3.8, 4) is 0 Å². The van der Waals surface area contributed by atoms with Crippen molar-refractivity contribution in [2.45, 2.75) is 57.7 Å². The van der Waals surface area contributed by atoms with Gasteiger partial charge in [-0.05, 0) is 19.8 Å². The number of aliphatic hydroxyl groups is 1. The van der Waals surface area contributed by atoms with E-state index in [2.05, 4.69) is 10.3 Å². The molecule has 2 atom stereocenters. The van der Waals surface area contributed by atoms with E-state index in [1.165, 1.54) is 24.1 Å². The Morgan fingerprint density at radius 1 is 1.44 bits per heavy atom. The summed E-state index contributed by atoms with van der Waals surface area (Å²) in [6.07, 6.45) is 5.53. The van der Waals surface area contributed by atoms with Gasteiger partial charge in [-0.2, -0.15) is 0 Å². The van der Waals surface area contributed by atoms with Crippen LogP contribution in [0.4, 0.5) is 0 Å². The van der Waals surface area contributed by atoms with Crippen molar-refractivity contribution in [2.75, 3.05) is 0 Å². The number of aromatic nitrogens is 1. The summed E-state index contributed by atoms with van der Waals surface area (Å²) in [5.74, 6) is 0. The molecule has 0 saturated heterocycles. The molecule has 1 fully saturated rings. The monoisotopic (exact) mass is 240 g/mol. The van der Waals surface area contributed by atoms with E-state index in [9.17, 15) is 5.11 Å². The van der Waals surface area contributed by atoms with Gasteiger partial charge in [0.25, 0.3) is 0 Å². The Balaban J connectivity index is 1.86. The lowest BCUT2D eigenvalue weighted by Gasteiger charge is -2.21. The fraction of sp³-hybridized carbons (Fsp3) is 0.750. The highest BCUT2D eigenvalue weighted by Crippen LogP contribution is 2.19. The van der Waals surface area contributed by atoms with Crippen LogP contribution in [0, 0.1) is 6.92 Å². The Kier molecular flexibility index (Phi) is 4.32. The Morgan fingerprint density at radius 3 is 3.00 bits per heavy atom. The van der Waals surface area contributed by atoms with Gasteiger partial charge in [-0.15, -0.1) is 11.3 Å². The van der Waals surface area contributed by atoms with Crippen LogP contribution in [-0.2, 0) is 6.54 Å². The van der Waals surface area contributed by atoms with E-state index >= 15 is 0 Å². The maximum Gasteiger partial charge on any atom is 0.0798 e. The zero-order valence-corrected chi connectivity index (χ0v) is 10.6. The van der Waals surface area contributed by atoms with Gasteiger partial charge in [-0.25, -0.2) is 4.98 Å². The molecule has 2 N–H and O–H groups in total. The third-order valence-corrected chi connectivity index (χ3v) is 4.28. The largest absolute Gasteiger partial charge is 0.392 e. The summed E-state index contributed by atoms with van der Waals surface area (Å²) in [6, 6.07) is 0.268. The van der Waals surface area contributed by atoms with Gasteiger partial charge in [-0.3, -0.25) is 0 Å². The van der Waals surface area contributed by atoms with Crippen LogP contribution in [0.5, 0.6) is 0 Å². The second-order valence-corrected chi connectivity index (χ2v) is 5.49. The number of nitrogens with zero attached hydrogens (tertiary/aromatic N) is 1. The number of hydrogen-bond acceptors (Lipinski definition) is 4. The molecule has 0 amide bonds. The molecule has 0 aliphatic heterocycles. The molecule has 16 heavy (non-hydrogen) atoms. The molecule has 1 saturated carbocycles. The summed E-state index contributed by atoms with van der Waals surface area (Å²) < 4.78 is 0. The minimum atomic E-state index is -0.171. The van der Waals surface area contributed by atoms with Crippen molar-refractivity contribution < 1.29 is 5.11 Å². The van der Waals surface area contributed by atoms with Crippen LogP contribution < -0.4 is 5.32 Å². The van der Waals surface area contributed by atoms with Crippen LogP contribution >= 0.6 is 11.3 Å². The third kappa shape index (κ3) is 3.03.